The Morgan fingerprint density at radius 1 is 1.12 bits per heavy atom. The van der Waals surface area contributed by atoms with Gasteiger partial charge in [-0.15, -0.1) is 0 Å². The predicted octanol–water partition coefficient (Wildman–Crippen LogP) is 4.67. The molecule has 3 aromatic rings. The molecule has 3 rings (SSSR count). The fraction of sp³-hybridized carbons (Fsp3) is 0.200. The topological polar surface area (TPSA) is 51.2 Å². The van der Waals surface area contributed by atoms with Gasteiger partial charge in [0.15, 0.2) is 0 Å². The normalized spacial score (nSPS) is 10.5. The zero-order valence-electron chi connectivity index (χ0n) is 13.7. The number of fused-ring (bicyclic) bond motifs is 1. The summed E-state index contributed by atoms with van der Waals surface area (Å²) in [4.78, 5) is 16.7. The molecule has 0 atom stereocenters. The highest BCUT2D eigenvalue weighted by Crippen LogP contribution is 2.19. The molecule has 4 heteroatoms. The van der Waals surface area contributed by atoms with Crippen molar-refractivity contribution in [2.75, 3.05) is 11.9 Å². The van der Waals surface area contributed by atoms with E-state index in [0.717, 1.165) is 35.2 Å². The first-order valence-corrected chi connectivity index (χ1v) is 8.15. The molecule has 0 aliphatic carbocycles. The Morgan fingerprint density at radius 2 is 2.04 bits per heavy atom. The SMILES string of the molecule is CCCCOc1cccc(NC(=O)c2ccc3ncccc3c2)c1. The minimum absolute atomic E-state index is 0.147. The van der Waals surface area contributed by atoms with Crippen LogP contribution in [0, 0.1) is 0 Å². The largest absolute Gasteiger partial charge is 0.494 e. The Kier molecular flexibility index (Phi) is 5.06. The van der Waals surface area contributed by atoms with Crippen LogP contribution in [0.5, 0.6) is 5.75 Å². The molecule has 0 fully saturated rings. The van der Waals surface area contributed by atoms with Crippen molar-refractivity contribution in [3.63, 3.8) is 0 Å². The number of nitrogens with zero attached hydrogens (tertiary/aromatic N) is 1. The van der Waals surface area contributed by atoms with Gasteiger partial charge in [0.1, 0.15) is 5.75 Å². The number of benzene rings is 2. The summed E-state index contributed by atoms with van der Waals surface area (Å²) >= 11 is 0. The van der Waals surface area contributed by atoms with Crippen molar-refractivity contribution in [3.8, 4) is 5.75 Å². The molecular weight excluding hydrogens is 300 g/mol. The molecule has 0 saturated carbocycles. The number of amides is 1. The number of hydrogen-bond acceptors (Lipinski definition) is 3. The maximum absolute atomic E-state index is 12.5. The first-order chi connectivity index (χ1) is 11.8. The number of ether oxygens (including phenoxy) is 1. The number of unbranched alkanes of at least 4 members (excludes halogenated alkanes) is 1. The van der Waals surface area contributed by atoms with Crippen molar-refractivity contribution in [3.05, 3.63) is 66.4 Å². The molecule has 1 aromatic heterocycles. The molecule has 4 nitrogen and oxygen atoms in total. The van der Waals surface area contributed by atoms with E-state index in [4.69, 9.17) is 4.74 Å². The molecule has 0 saturated heterocycles. The molecule has 0 radical (unpaired) electrons. The Hall–Kier alpha value is -2.88. The van der Waals surface area contributed by atoms with Crippen molar-refractivity contribution in [2.45, 2.75) is 19.8 Å². The number of anilines is 1. The number of carbonyl (C=O) groups is 1. The third-order valence-corrected chi connectivity index (χ3v) is 3.72. The Balaban J connectivity index is 1.72. The van der Waals surface area contributed by atoms with Crippen molar-refractivity contribution >= 4 is 22.5 Å². The zero-order valence-corrected chi connectivity index (χ0v) is 13.7. The molecule has 24 heavy (non-hydrogen) atoms. The van der Waals surface area contributed by atoms with E-state index in [-0.39, 0.29) is 5.91 Å². The molecule has 2 aromatic carbocycles. The summed E-state index contributed by atoms with van der Waals surface area (Å²) < 4.78 is 5.67. The summed E-state index contributed by atoms with van der Waals surface area (Å²) in [6.07, 6.45) is 3.85. The van der Waals surface area contributed by atoms with Gasteiger partial charge >= 0.3 is 0 Å². The van der Waals surface area contributed by atoms with Crippen LogP contribution in [0.25, 0.3) is 10.9 Å². The van der Waals surface area contributed by atoms with Crippen molar-refractivity contribution in [2.24, 2.45) is 0 Å². The number of carbonyl (C=O) groups excluding carboxylic acids is 1. The molecule has 0 aliphatic heterocycles. The van der Waals surface area contributed by atoms with Crippen LogP contribution in [0.2, 0.25) is 0 Å². The van der Waals surface area contributed by atoms with E-state index >= 15 is 0 Å². The summed E-state index contributed by atoms with van der Waals surface area (Å²) in [5.41, 5.74) is 2.20. The van der Waals surface area contributed by atoms with Crippen LogP contribution in [0.3, 0.4) is 0 Å². The second-order valence-electron chi connectivity index (χ2n) is 5.59. The van der Waals surface area contributed by atoms with Gasteiger partial charge in [0, 0.05) is 28.9 Å². The van der Waals surface area contributed by atoms with Gasteiger partial charge in [-0.2, -0.15) is 0 Å². The van der Waals surface area contributed by atoms with Gasteiger partial charge in [-0.25, -0.2) is 0 Å². The predicted molar refractivity (Wildman–Crippen MR) is 96.5 cm³/mol. The van der Waals surface area contributed by atoms with Gasteiger partial charge < -0.3 is 10.1 Å². The molecule has 0 bridgehead atoms. The lowest BCUT2D eigenvalue weighted by Gasteiger charge is -2.09. The Labute approximate surface area is 141 Å². The van der Waals surface area contributed by atoms with Crippen molar-refractivity contribution in [1.29, 1.82) is 0 Å². The fourth-order valence-corrected chi connectivity index (χ4v) is 2.42. The van der Waals surface area contributed by atoms with Gasteiger partial charge in [-0.1, -0.05) is 25.5 Å². The summed E-state index contributed by atoms with van der Waals surface area (Å²) in [5, 5.41) is 3.86. The van der Waals surface area contributed by atoms with E-state index < -0.39 is 0 Å². The average Bonchev–Trinajstić information content (AvgIpc) is 2.62. The van der Waals surface area contributed by atoms with E-state index in [1.54, 1.807) is 12.3 Å². The maximum atomic E-state index is 12.5. The lowest BCUT2D eigenvalue weighted by Crippen LogP contribution is -2.11. The monoisotopic (exact) mass is 320 g/mol. The molecule has 0 aliphatic rings. The van der Waals surface area contributed by atoms with E-state index in [2.05, 4.69) is 17.2 Å². The lowest BCUT2D eigenvalue weighted by molar-refractivity contribution is 0.102. The van der Waals surface area contributed by atoms with Crippen LogP contribution >= 0.6 is 0 Å². The second kappa shape index (κ2) is 7.59. The molecule has 0 unspecified atom stereocenters. The number of nitrogens with one attached hydrogen (secondary N) is 1. The first kappa shape index (κ1) is 16.0. The van der Waals surface area contributed by atoms with Crippen LogP contribution < -0.4 is 10.1 Å². The van der Waals surface area contributed by atoms with E-state index in [1.165, 1.54) is 0 Å². The smallest absolute Gasteiger partial charge is 0.255 e. The summed E-state index contributed by atoms with van der Waals surface area (Å²) in [6, 6.07) is 16.8. The van der Waals surface area contributed by atoms with E-state index in [9.17, 15) is 4.79 Å². The van der Waals surface area contributed by atoms with Gasteiger partial charge in [0.05, 0.1) is 12.1 Å². The van der Waals surface area contributed by atoms with Gasteiger partial charge in [-0.05, 0) is 42.8 Å². The van der Waals surface area contributed by atoms with Crippen LogP contribution in [-0.4, -0.2) is 17.5 Å². The zero-order chi connectivity index (χ0) is 16.8. The maximum Gasteiger partial charge on any atom is 0.255 e. The Morgan fingerprint density at radius 3 is 2.92 bits per heavy atom. The van der Waals surface area contributed by atoms with Crippen molar-refractivity contribution in [1.82, 2.24) is 4.98 Å². The van der Waals surface area contributed by atoms with Crippen LogP contribution in [0.4, 0.5) is 5.69 Å². The summed E-state index contributed by atoms with van der Waals surface area (Å²) in [6.45, 7) is 2.81. The highest BCUT2D eigenvalue weighted by molar-refractivity contribution is 6.06. The second-order valence-corrected chi connectivity index (χ2v) is 5.59. The van der Waals surface area contributed by atoms with Crippen LogP contribution in [0.1, 0.15) is 30.1 Å². The standard InChI is InChI=1S/C20H20N2O2/c1-2-3-12-24-18-8-4-7-17(14-18)22-20(23)16-9-10-19-15(13-16)6-5-11-21-19/h4-11,13-14H,2-3,12H2,1H3,(H,22,23). The van der Waals surface area contributed by atoms with Crippen LogP contribution in [-0.2, 0) is 0 Å². The van der Waals surface area contributed by atoms with E-state index in [0.29, 0.717) is 12.2 Å². The highest BCUT2D eigenvalue weighted by atomic mass is 16.5. The summed E-state index contributed by atoms with van der Waals surface area (Å²) in [5.74, 6) is 0.621. The molecule has 122 valence electrons. The number of rotatable bonds is 6. The van der Waals surface area contributed by atoms with Gasteiger partial charge in [0.25, 0.3) is 5.91 Å². The van der Waals surface area contributed by atoms with Gasteiger partial charge in [0.2, 0.25) is 0 Å². The molecule has 1 heterocycles. The average molecular weight is 320 g/mol. The lowest BCUT2D eigenvalue weighted by atomic mass is 10.1. The quantitative estimate of drug-likeness (QED) is 0.672. The van der Waals surface area contributed by atoms with Gasteiger partial charge in [-0.3, -0.25) is 9.78 Å². The van der Waals surface area contributed by atoms with Crippen molar-refractivity contribution < 1.29 is 9.53 Å². The minimum atomic E-state index is -0.147. The molecule has 0 spiro atoms. The third kappa shape index (κ3) is 3.90. The molecule has 1 N–H and O–H groups in total. The first-order valence-electron chi connectivity index (χ1n) is 8.15. The number of hydrogen-bond donors (Lipinski definition) is 1. The highest BCUT2D eigenvalue weighted by Gasteiger charge is 2.08. The molecule has 1 amide bonds. The third-order valence-electron chi connectivity index (χ3n) is 3.72. The van der Waals surface area contributed by atoms with Crippen LogP contribution in [0.15, 0.2) is 60.8 Å². The summed E-state index contributed by atoms with van der Waals surface area (Å²) in [7, 11) is 0. The molecular formula is C20H20N2O2. The fourth-order valence-electron chi connectivity index (χ4n) is 2.42. The Bertz CT molecular complexity index is 846. The number of aromatic nitrogens is 1. The minimum Gasteiger partial charge on any atom is -0.494 e. The van der Waals surface area contributed by atoms with E-state index in [1.807, 2.05) is 48.5 Å². The number of pyridine rings is 1.